The zero-order valence-corrected chi connectivity index (χ0v) is 12.9. The van der Waals surface area contributed by atoms with Gasteiger partial charge in [-0.2, -0.15) is 13.2 Å². The lowest BCUT2D eigenvalue weighted by molar-refractivity contribution is -0.137. The highest BCUT2D eigenvalue weighted by Gasteiger charge is 2.31. The molecule has 1 N–H and O–H groups in total. The Morgan fingerprint density at radius 2 is 1.75 bits per heavy atom. The number of benzene rings is 2. The van der Waals surface area contributed by atoms with E-state index in [1.54, 1.807) is 0 Å². The van der Waals surface area contributed by atoms with Gasteiger partial charge in [-0.25, -0.2) is 0 Å². The molecular weight excluding hydrogens is 319 g/mol. The van der Waals surface area contributed by atoms with E-state index >= 15 is 0 Å². The third-order valence-electron chi connectivity index (χ3n) is 3.87. The van der Waals surface area contributed by atoms with E-state index in [1.165, 1.54) is 12.1 Å². The SMILES string of the molecule is FC(F)(F)c1ccc(OC(c2ccccc2)C2CNCCO2)cc1. The van der Waals surface area contributed by atoms with E-state index < -0.39 is 17.8 Å². The van der Waals surface area contributed by atoms with Crippen LogP contribution in [0.4, 0.5) is 13.2 Å². The molecule has 1 saturated heterocycles. The van der Waals surface area contributed by atoms with Gasteiger partial charge in [-0.05, 0) is 29.8 Å². The molecule has 2 unspecified atom stereocenters. The Balaban J connectivity index is 1.81. The van der Waals surface area contributed by atoms with E-state index in [9.17, 15) is 13.2 Å². The molecule has 0 spiro atoms. The molecule has 1 aliphatic rings. The lowest BCUT2D eigenvalue weighted by Crippen LogP contribution is -2.43. The molecule has 6 heteroatoms. The second-order valence-electron chi connectivity index (χ2n) is 5.58. The van der Waals surface area contributed by atoms with Crippen LogP contribution in [-0.2, 0) is 10.9 Å². The Kier molecular flexibility index (Phi) is 5.06. The van der Waals surface area contributed by atoms with E-state index in [0.717, 1.165) is 24.2 Å². The molecule has 1 aliphatic heterocycles. The van der Waals surface area contributed by atoms with Crippen molar-refractivity contribution in [2.24, 2.45) is 0 Å². The van der Waals surface area contributed by atoms with E-state index in [0.29, 0.717) is 18.9 Å². The summed E-state index contributed by atoms with van der Waals surface area (Å²) in [5.41, 5.74) is 0.229. The van der Waals surface area contributed by atoms with Gasteiger partial charge >= 0.3 is 6.18 Å². The standard InChI is InChI=1S/C18H18F3NO2/c19-18(20,21)14-6-8-15(9-7-14)24-17(13-4-2-1-3-5-13)16-12-22-10-11-23-16/h1-9,16-17,22H,10-12H2. The molecule has 3 rings (SSSR count). The summed E-state index contributed by atoms with van der Waals surface area (Å²) in [6, 6.07) is 14.3. The molecular formula is C18H18F3NO2. The van der Waals surface area contributed by atoms with Crippen LogP contribution in [-0.4, -0.2) is 25.8 Å². The maximum Gasteiger partial charge on any atom is 0.416 e. The largest absolute Gasteiger partial charge is 0.483 e. The van der Waals surface area contributed by atoms with Gasteiger partial charge in [0.05, 0.1) is 12.2 Å². The topological polar surface area (TPSA) is 30.5 Å². The Morgan fingerprint density at radius 3 is 2.33 bits per heavy atom. The molecule has 0 aromatic heterocycles. The highest BCUT2D eigenvalue weighted by Crippen LogP contribution is 2.32. The van der Waals surface area contributed by atoms with E-state index in [-0.39, 0.29) is 6.10 Å². The van der Waals surface area contributed by atoms with Crippen LogP contribution in [0.5, 0.6) is 5.75 Å². The molecule has 0 aliphatic carbocycles. The molecule has 1 fully saturated rings. The monoisotopic (exact) mass is 337 g/mol. The summed E-state index contributed by atoms with van der Waals surface area (Å²) in [4.78, 5) is 0. The number of rotatable bonds is 4. The van der Waals surface area contributed by atoms with Gasteiger partial charge in [-0.3, -0.25) is 0 Å². The third-order valence-corrected chi connectivity index (χ3v) is 3.87. The lowest BCUT2D eigenvalue weighted by atomic mass is 10.0. The summed E-state index contributed by atoms with van der Waals surface area (Å²) in [5, 5.41) is 3.25. The number of alkyl halides is 3. The number of hydrogen-bond acceptors (Lipinski definition) is 3. The maximum atomic E-state index is 12.7. The highest BCUT2D eigenvalue weighted by molar-refractivity contribution is 5.30. The van der Waals surface area contributed by atoms with Crippen molar-refractivity contribution in [1.29, 1.82) is 0 Å². The molecule has 2 atom stereocenters. The number of nitrogens with one attached hydrogen (secondary N) is 1. The smallest absolute Gasteiger partial charge is 0.416 e. The first-order chi connectivity index (χ1) is 11.5. The summed E-state index contributed by atoms with van der Waals surface area (Å²) in [7, 11) is 0. The van der Waals surface area contributed by atoms with E-state index in [1.807, 2.05) is 30.3 Å². The summed E-state index contributed by atoms with van der Waals surface area (Å²) < 4.78 is 49.8. The number of hydrogen-bond donors (Lipinski definition) is 1. The van der Waals surface area contributed by atoms with Gasteiger partial charge in [-0.15, -0.1) is 0 Å². The summed E-state index contributed by atoms with van der Waals surface area (Å²) >= 11 is 0. The predicted octanol–water partition coefficient (Wildman–Crippen LogP) is 3.81. The lowest BCUT2D eigenvalue weighted by Gasteiger charge is -2.31. The third kappa shape index (κ3) is 4.07. The second-order valence-corrected chi connectivity index (χ2v) is 5.58. The van der Waals surface area contributed by atoms with Crippen LogP contribution in [0.2, 0.25) is 0 Å². The Labute approximate surface area is 138 Å². The van der Waals surface area contributed by atoms with Crippen LogP contribution >= 0.6 is 0 Å². The van der Waals surface area contributed by atoms with Gasteiger partial charge in [0, 0.05) is 13.1 Å². The molecule has 128 valence electrons. The minimum absolute atomic E-state index is 0.205. The van der Waals surface area contributed by atoms with Gasteiger partial charge in [0.25, 0.3) is 0 Å². The maximum absolute atomic E-state index is 12.7. The van der Waals surface area contributed by atoms with E-state index in [4.69, 9.17) is 9.47 Å². The average Bonchev–Trinajstić information content (AvgIpc) is 2.61. The van der Waals surface area contributed by atoms with Gasteiger partial charge in [0.1, 0.15) is 11.9 Å². The second kappa shape index (κ2) is 7.23. The normalized spacial score (nSPS) is 19.7. The van der Waals surface area contributed by atoms with Crippen LogP contribution in [0.15, 0.2) is 54.6 Å². The molecule has 2 aromatic rings. The fraction of sp³-hybridized carbons (Fsp3) is 0.333. The quantitative estimate of drug-likeness (QED) is 0.920. The molecule has 24 heavy (non-hydrogen) atoms. The first-order valence-corrected chi connectivity index (χ1v) is 7.75. The van der Waals surface area contributed by atoms with Crippen molar-refractivity contribution in [2.75, 3.05) is 19.7 Å². The van der Waals surface area contributed by atoms with Crippen molar-refractivity contribution in [2.45, 2.75) is 18.4 Å². The zero-order chi connectivity index (χ0) is 17.0. The Morgan fingerprint density at radius 1 is 1.04 bits per heavy atom. The van der Waals surface area contributed by atoms with Gasteiger partial charge < -0.3 is 14.8 Å². The van der Waals surface area contributed by atoms with Crippen LogP contribution in [0, 0.1) is 0 Å². The Hall–Kier alpha value is -2.05. The first kappa shape index (κ1) is 16.8. The van der Waals surface area contributed by atoms with Gasteiger partial charge in [0.15, 0.2) is 6.10 Å². The van der Waals surface area contributed by atoms with Crippen molar-refractivity contribution in [1.82, 2.24) is 5.32 Å². The molecule has 0 bridgehead atoms. The summed E-state index contributed by atoms with van der Waals surface area (Å²) in [6.45, 7) is 1.98. The minimum atomic E-state index is -4.35. The predicted molar refractivity (Wildman–Crippen MR) is 83.9 cm³/mol. The van der Waals surface area contributed by atoms with Gasteiger partial charge in [-0.1, -0.05) is 30.3 Å². The van der Waals surface area contributed by atoms with Crippen LogP contribution < -0.4 is 10.1 Å². The van der Waals surface area contributed by atoms with Gasteiger partial charge in [0.2, 0.25) is 0 Å². The number of ether oxygens (including phenoxy) is 2. The number of halogens is 3. The fourth-order valence-electron chi connectivity index (χ4n) is 2.65. The van der Waals surface area contributed by atoms with E-state index in [2.05, 4.69) is 5.32 Å². The molecule has 3 nitrogen and oxygen atoms in total. The van der Waals surface area contributed by atoms with Crippen LogP contribution in [0.1, 0.15) is 17.2 Å². The zero-order valence-electron chi connectivity index (χ0n) is 12.9. The van der Waals surface area contributed by atoms with Crippen LogP contribution in [0.25, 0.3) is 0 Å². The summed E-state index contributed by atoms with van der Waals surface area (Å²) in [5.74, 6) is 0.381. The molecule has 0 amide bonds. The van der Waals surface area contributed by atoms with Crippen LogP contribution in [0.3, 0.4) is 0 Å². The van der Waals surface area contributed by atoms with Crippen molar-refractivity contribution in [3.63, 3.8) is 0 Å². The summed E-state index contributed by atoms with van der Waals surface area (Å²) in [6.07, 6.45) is -4.95. The first-order valence-electron chi connectivity index (χ1n) is 7.75. The highest BCUT2D eigenvalue weighted by atomic mass is 19.4. The molecule has 0 radical (unpaired) electrons. The van der Waals surface area contributed by atoms with Crippen molar-refractivity contribution in [3.05, 3.63) is 65.7 Å². The van der Waals surface area contributed by atoms with Crippen molar-refractivity contribution >= 4 is 0 Å². The van der Waals surface area contributed by atoms with Crippen molar-refractivity contribution < 1.29 is 22.6 Å². The molecule has 1 heterocycles. The number of morpholine rings is 1. The molecule has 0 saturated carbocycles. The Bertz CT molecular complexity index is 638. The molecule has 2 aromatic carbocycles. The fourth-order valence-corrected chi connectivity index (χ4v) is 2.65. The minimum Gasteiger partial charge on any atom is -0.483 e. The van der Waals surface area contributed by atoms with Crippen molar-refractivity contribution in [3.8, 4) is 5.75 Å². The average molecular weight is 337 g/mol.